The second-order valence-electron chi connectivity index (χ2n) is 5.83. The summed E-state index contributed by atoms with van der Waals surface area (Å²) in [5.41, 5.74) is 2.01. The summed E-state index contributed by atoms with van der Waals surface area (Å²) >= 11 is 0. The third kappa shape index (κ3) is 3.41. The molecule has 1 heterocycles. The van der Waals surface area contributed by atoms with E-state index in [0.29, 0.717) is 11.5 Å². The van der Waals surface area contributed by atoms with E-state index < -0.39 is 6.09 Å². The summed E-state index contributed by atoms with van der Waals surface area (Å²) < 4.78 is 1.54. The van der Waals surface area contributed by atoms with Gasteiger partial charge in [-0.3, -0.25) is 5.32 Å². The number of amides is 1. The van der Waals surface area contributed by atoms with Gasteiger partial charge in [-0.25, -0.2) is 9.48 Å². The zero-order valence-corrected chi connectivity index (χ0v) is 12.3. The van der Waals surface area contributed by atoms with Crippen LogP contribution in [0, 0.1) is 0 Å². The van der Waals surface area contributed by atoms with E-state index in [0.717, 1.165) is 11.3 Å². The first-order valence-electron chi connectivity index (χ1n) is 6.62. The van der Waals surface area contributed by atoms with Crippen LogP contribution in [0.1, 0.15) is 32.0 Å². The van der Waals surface area contributed by atoms with Crippen molar-refractivity contribution in [3.05, 3.63) is 41.6 Å². The zero-order valence-electron chi connectivity index (χ0n) is 12.3. The number of anilines is 1. The molecule has 2 aromatic rings. The summed E-state index contributed by atoms with van der Waals surface area (Å²) in [6, 6.07) is 8.89. The smallest absolute Gasteiger partial charge is 0.410 e. The van der Waals surface area contributed by atoms with Crippen molar-refractivity contribution in [3.63, 3.8) is 0 Å². The van der Waals surface area contributed by atoms with Crippen LogP contribution in [0.5, 0.6) is 0 Å². The van der Waals surface area contributed by atoms with Crippen LogP contribution in [0.3, 0.4) is 0 Å². The molecule has 0 radical (unpaired) electrons. The number of carboxylic acid groups (broad SMARTS) is 1. The Bertz CT molecular complexity index is 656. The van der Waals surface area contributed by atoms with Crippen LogP contribution in [0.2, 0.25) is 0 Å². The van der Waals surface area contributed by atoms with Crippen LogP contribution in [-0.2, 0) is 12.0 Å². The van der Waals surface area contributed by atoms with Crippen molar-refractivity contribution in [2.24, 2.45) is 0 Å². The lowest BCUT2D eigenvalue weighted by molar-refractivity contribution is 0.209. The van der Waals surface area contributed by atoms with Crippen molar-refractivity contribution in [2.45, 2.75) is 32.8 Å². The highest BCUT2D eigenvalue weighted by atomic mass is 16.4. The minimum absolute atomic E-state index is 0.0804. The molecule has 0 saturated heterocycles. The van der Waals surface area contributed by atoms with Gasteiger partial charge in [0.05, 0.1) is 18.0 Å². The molecule has 0 atom stereocenters. The molecule has 0 fully saturated rings. The standard InChI is InChI=1S/C15H19N3O3/c1-15(2,3)12-8-13(16-14(20)21)18(17-12)11-6-4-5-10(7-11)9-19/h4-8,16,19H,9H2,1-3H3,(H,20,21). The van der Waals surface area contributed by atoms with Crippen molar-refractivity contribution in [1.82, 2.24) is 9.78 Å². The van der Waals surface area contributed by atoms with E-state index in [9.17, 15) is 9.90 Å². The topological polar surface area (TPSA) is 87.4 Å². The number of aromatic nitrogens is 2. The molecule has 1 aromatic heterocycles. The average molecular weight is 289 g/mol. The number of benzene rings is 1. The molecule has 0 aliphatic carbocycles. The Morgan fingerprint density at radius 2 is 2.05 bits per heavy atom. The quantitative estimate of drug-likeness (QED) is 0.810. The van der Waals surface area contributed by atoms with Gasteiger partial charge in [-0.1, -0.05) is 32.9 Å². The Morgan fingerprint density at radius 1 is 1.33 bits per heavy atom. The summed E-state index contributed by atoms with van der Waals surface area (Å²) in [5.74, 6) is 0.377. The lowest BCUT2D eigenvalue weighted by Gasteiger charge is -2.14. The molecular formula is C15H19N3O3. The molecule has 0 unspecified atom stereocenters. The number of aliphatic hydroxyl groups excluding tert-OH is 1. The van der Waals surface area contributed by atoms with Crippen molar-refractivity contribution < 1.29 is 15.0 Å². The minimum Gasteiger partial charge on any atom is -0.465 e. The van der Waals surface area contributed by atoms with Gasteiger partial charge in [0.1, 0.15) is 5.82 Å². The fourth-order valence-corrected chi connectivity index (χ4v) is 1.93. The Morgan fingerprint density at radius 3 is 2.62 bits per heavy atom. The predicted octanol–water partition coefficient (Wildman–Crippen LogP) is 2.75. The van der Waals surface area contributed by atoms with Gasteiger partial charge in [0.15, 0.2) is 0 Å². The fourth-order valence-electron chi connectivity index (χ4n) is 1.93. The van der Waals surface area contributed by atoms with Gasteiger partial charge in [-0.15, -0.1) is 0 Å². The van der Waals surface area contributed by atoms with Crippen LogP contribution >= 0.6 is 0 Å². The molecule has 0 spiro atoms. The highest BCUT2D eigenvalue weighted by Crippen LogP contribution is 2.26. The molecule has 6 heteroatoms. The van der Waals surface area contributed by atoms with E-state index in [2.05, 4.69) is 10.4 Å². The first-order valence-corrected chi connectivity index (χ1v) is 6.62. The fraction of sp³-hybridized carbons (Fsp3) is 0.333. The van der Waals surface area contributed by atoms with Gasteiger partial charge in [0.2, 0.25) is 0 Å². The minimum atomic E-state index is -1.14. The molecule has 3 N–H and O–H groups in total. The molecular weight excluding hydrogens is 270 g/mol. The molecule has 1 aromatic carbocycles. The molecule has 1 amide bonds. The SMILES string of the molecule is CC(C)(C)c1cc(NC(=O)O)n(-c2cccc(CO)c2)n1. The van der Waals surface area contributed by atoms with Crippen LogP contribution in [0.4, 0.5) is 10.6 Å². The Balaban J connectivity index is 2.54. The van der Waals surface area contributed by atoms with Crippen molar-refractivity contribution >= 4 is 11.9 Å². The Labute approximate surface area is 123 Å². The number of hydrogen-bond donors (Lipinski definition) is 3. The van der Waals surface area contributed by atoms with Gasteiger partial charge in [-0.05, 0) is 17.7 Å². The van der Waals surface area contributed by atoms with E-state index in [4.69, 9.17) is 5.11 Å². The summed E-state index contributed by atoms with van der Waals surface area (Å²) in [7, 11) is 0. The monoisotopic (exact) mass is 289 g/mol. The number of rotatable bonds is 3. The molecule has 0 saturated carbocycles. The normalized spacial score (nSPS) is 11.4. The van der Waals surface area contributed by atoms with Crippen LogP contribution in [0.15, 0.2) is 30.3 Å². The second-order valence-corrected chi connectivity index (χ2v) is 5.83. The molecule has 21 heavy (non-hydrogen) atoms. The van der Waals surface area contributed by atoms with E-state index in [1.165, 1.54) is 4.68 Å². The maximum absolute atomic E-state index is 10.9. The third-order valence-corrected chi connectivity index (χ3v) is 3.05. The van der Waals surface area contributed by atoms with Gasteiger partial charge >= 0.3 is 6.09 Å². The predicted molar refractivity (Wildman–Crippen MR) is 79.8 cm³/mol. The summed E-state index contributed by atoms with van der Waals surface area (Å²) in [6.07, 6.45) is -1.14. The first kappa shape index (κ1) is 15.1. The molecule has 112 valence electrons. The van der Waals surface area contributed by atoms with E-state index in [1.807, 2.05) is 26.8 Å². The van der Waals surface area contributed by atoms with Crippen molar-refractivity contribution in [1.29, 1.82) is 0 Å². The highest BCUT2D eigenvalue weighted by molar-refractivity contribution is 5.82. The van der Waals surface area contributed by atoms with Crippen LogP contribution < -0.4 is 5.32 Å². The summed E-state index contributed by atoms with van der Waals surface area (Å²) in [5, 5.41) is 25.0. The zero-order chi connectivity index (χ0) is 15.6. The Kier molecular flexibility index (Phi) is 3.99. The lowest BCUT2D eigenvalue weighted by Crippen LogP contribution is -2.13. The summed E-state index contributed by atoms with van der Waals surface area (Å²) in [6.45, 7) is 5.94. The number of nitrogens with one attached hydrogen (secondary N) is 1. The largest absolute Gasteiger partial charge is 0.465 e. The van der Waals surface area contributed by atoms with Crippen molar-refractivity contribution in [2.75, 3.05) is 5.32 Å². The highest BCUT2D eigenvalue weighted by Gasteiger charge is 2.21. The summed E-state index contributed by atoms with van der Waals surface area (Å²) in [4.78, 5) is 10.9. The van der Waals surface area contributed by atoms with Gasteiger partial charge in [0, 0.05) is 11.5 Å². The number of nitrogens with zero attached hydrogens (tertiary/aromatic N) is 2. The number of hydrogen-bond acceptors (Lipinski definition) is 3. The Hall–Kier alpha value is -2.34. The molecule has 0 aliphatic rings. The second kappa shape index (κ2) is 5.57. The molecule has 0 bridgehead atoms. The van der Waals surface area contributed by atoms with Gasteiger partial charge in [0.25, 0.3) is 0 Å². The van der Waals surface area contributed by atoms with Crippen molar-refractivity contribution in [3.8, 4) is 5.69 Å². The van der Waals surface area contributed by atoms with Gasteiger partial charge < -0.3 is 10.2 Å². The maximum atomic E-state index is 10.9. The molecule has 0 aliphatic heterocycles. The van der Waals surface area contributed by atoms with E-state index in [-0.39, 0.29) is 12.0 Å². The molecule has 2 rings (SSSR count). The lowest BCUT2D eigenvalue weighted by atomic mass is 9.92. The van der Waals surface area contributed by atoms with Crippen LogP contribution in [-0.4, -0.2) is 26.1 Å². The number of aliphatic hydroxyl groups is 1. The third-order valence-electron chi connectivity index (χ3n) is 3.05. The van der Waals surface area contributed by atoms with Crippen LogP contribution in [0.25, 0.3) is 5.69 Å². The van der Waals surface area contributed by atoms with E-state index >= 15 is 0 Å². The first-order chi connectivity index (χ1) is 9.81. The molecule has 6 nitrogen and oxygen atoms in total. The van der Waals surface area contributed by atoms with E-state index in [1.54, 1.807) is 24.3 Å². The van der Waals surface area contributed by atoms with Gasteiger partial charge in [-0.2, -0.15) is 5.10 Å². The number of carbonyl (C=O) groups is 1. The maximum Gasteiger partial charge on any atom is 0.410 e. The average Bonchev–Trinajstić information content (AvgIpc) is 2.82.